The number of aldehydes is 1. The molecule has 1 rings (SSSR count). The lowest BCUT2D eigenvalue weighted by atomic mass is 9.73. The van der Waals surface area contributed by atoms with Crippen molar-refractivity contribution < 1.29 is 9.90 Å². The monoisotopic (exact) mass is 234 g/mol. The first-order chi connectivity index (χ1) is 8.20. The smallest absolute Gasteiger partial charge is 0.129 e. The van der Waals surface area contributed by atoms with E-state index in [1.807, 2.05) is 44.2 Å². The van der Waals surface area contributed by atoms with Crippen LogP contribution in [0.4, 0.5) is 0 Å². The highest BCUT2D eigenvalue weighted by Crippen LogP contribution is 2.40. The second-order valence-corrected chi connectivity index (χ2v) is 4.66. The maximum atomic E-state index is 11.5. The van der Waals surface area contributed by atoms with Crippen LogP contribution in [0.25, 0.3) is 0 Å². The average molecular weight is 234 g/mol. The number of hydrogen-bond acceptors (Lipinski definition) is 2. The number of benzene rings is 1. The topological polar surface area (TPSA) is 37.3 Å². The van der Waals surface area contributed by atoms with Crippen molar-refractivity contribution in [3.8, 4) is 0 Å². The summed E-state index contributed by atoms with van der Waals surface area (Å²) < 4.78 is 0. The van der Waals surface area contributed by atoms with Gasteiger partial charge in [0.1, 0.15) is 6.29 Å². The third kappa shape index (κ3) is 3.16. The Hall–Kier alpha value is -1.15. The molecule has 0 aromatic heterocycles. The first kappa shape index (κ1) is 13.9. The zero-order chi connectivity index (χ0) is 12.7. The van der Waals surface area contributed by atoms with Gasteiger partial charge in [-0.15, -0.1) is 0 Å². The van der Waals surface area contributed by atoms with Crippen molar-refractivity contribution in [2.75, 3.05) is 0 Å². The van der Waals surface area contributed by atoms with Gasteiger partial charge in [0.25, 0.3) is 0 Å². The fraction of sp³-hybridized carbons (Fsp3) is 0.533. The zero-order valence-corrected chi connectivity index (χ0v) is 10.7. The average Bonchev–Trinajstić information content (AvgIpc) is 2.38. The molecule has 0 aliphatic carbocycles. The van der Waals surface area contributed by atoms with Gasteiger partial charge in [0, 0.05) is 0 Å². The molecule has 0 heterocycles. The van der Waals surface area contributed by atoms with Crippen LogP contribution < -0.4 is 0 Å². The summed E-state index contributed by atoms with van der Waals surface area (Å²) in [4.78, 5) is 11.5. The standard InChI is InChI=1S/C15H22O2/c1-3-10-15(12-16,11-4-2)14(17)13-8-6-5-7-9-13/h5-9,12,14,17H,3-4,10-11H2,1-2H3. The second-order valence-electron chi connectivity index (χ2n) is 4.66. The van der Waals surface area contributed by atoms with Gasteiger partial charge in [0.2, 0.25) is 0 Å². The van der Waals surface area contributed by atoms with Gasteiger partial charge < -0.3 is 9.90 Å². The van der Waals surface area contributed by atoms with Gasteiger partial charge in [0.15, 0.2) is 0 Å². The van der Waals surface area contributed by atoms with Crippen molar-refractivity contribution in [1.29, 1.82) is 0 Å². The van der Waals surface area contributed by atoms with Gasteiger partial charge in [0.05, 0.1) is 11.5 Å². The van der Waals surface area contributed by atoms with Gasteiger partial charge in [-0.05, 0) is 18.4 Å². The molecule has 1 aromatic rings. The molecule has 0 saturated carbocycles. The van der Waals surface area contributed by atoms with E-state index in [0.717, 1.165) is 37.5 Å². The molecule has 1 aromatic carbocycles. The molecule has 94 valence electrons. The molecular formula is C15H22O2. The minimum absolute atomic E-state index is 0.620. The van der Waals surface area contributed by atoms with Crippen molar-refractivity contribution >= 4 is 6.29 Å². The molecule has 0 spiro atoms. The molecule has 0 amide bonds. The second kappa shape index (κ2) is 6.55. The van der Waals surface area contributed by atoms with Crippen LogP contribution in [0, 0.1) is 5.41 Å². The lowest BCUT2D eigenvalue weighted by molar-refractivity contribution is -0.124. The van der Waals surface area contributed by atoms with Crippen molar-refractivity contribution in [3.63, 3.8) is 0 Å². The molecule has 0 fully saturated rings. The molecule has 0 radical (unpaired) electrons. The predicted molar refractivity (Wildman–Crippen MR) is 69.7 cm³/mol. The SMILES string of the molecule is CCCC(C=O)(CCC)C(O)c1ccccc1. The number of carbonyl (C=O) groups excluding carboxylic acids is 1. The summed E-state index contributed by atoms with van der Waals surface area (Å²) >= 11 is 0. The number of aliphatic hydroxyl groups is 1. The van der Waals surface area contributed by atoms with Crippen LogP contribution in [0.2, 0.25) is 0 Å². The quantitative estimate of drug-likeness (QED) is 0.733. The van der Waals surface area contributed by atoms with Crippen molar-refractivity contribution in [3.05, 3.63) is 35.9 Å². The first-order valence-corrected chi connectivity index (χ1v) is 6.39. The predicted octanol–water partition coefficient (Wildman–Crippen LogP) is 3.51. The third-order valence-corrected chi connectivity index (χ3v) is 3.33. The molecular weight excluding hydrogens is 212 g/mol. The number of hydrogen-bond donors (Lipinski definition) is 1. The summed E-state index contributed by atoms with van der Waals surface area (Å²) in [7, 11) is 0. The van der Waals surface area contributed by atoms with E-state index < -0.39 is 11.5 Å². The maximum absolute atomic E-state index is 11.5. The van der Waals surface area contributed by atoms with E-state index in [9.17, 15) is 9.90 Å². The van der Waals surface area contributed by atoms with E-state index in [2.05, 4.69) is 0 Å². The Kier molecular flexibility index (Phi) is 5.36. The van der Waals surface area contributed by atoms with Gasteiger partial charge in [-0.3, -0.25) is 0 Å². The van der Waals surface area contributed by atoms with Gasteiger partial charge in [-0.25, -0.2) is 0 Å². The highest BCUT2D eigenvalue weighted by molar-refractivity contribution is 5.61. The Morgan fingerprint density at radius 1 is 1.18 bits per heavy atom. The third-order valence-electron chi connectivity index (χ3n) is 3.33. The van der Waals surface area contributed by atoms with Crippen LogP contribution in [0.3, 0.4) is 0 Å². The minimum Gasteiger partial charge on any atom is -0.387 e. The van der Waals surface area contributed by atoms with Crippen molar-refractivity contribution in [1.82, 2.24) is 0 Å². The normalized spacial score (nSPS) is 13.4. The molecule has 1 N–H and O–H groups in total. The molecule has 0 saturated heterocycles. The molecule has 0 aliphatic rings. The van der Waals surface area contributed by atoms with Crippen LogP contribution in [0.15, 0.2) is 30.3 Å². The van der Waals surface area contributed by atoms with E-state index in [1.165, 1.54) is 0 Å². The lowest BCUT2D eigenvalue weighted by Gasteiger charge is -2.33. The van der Waals surface area contributed by atoms with E-state index in [4.69, 9.17) is 0 Å². The summed E-state index contributed by atoms with van der Waals surface area (Å²) in [6, 6.07) is 9.47. The lowest BCUT2D eigenvalue weighted by Crippen LogP contribution is -2.30. The summed E-state index contributed by atoms with van der Waals surface area (Å²) in [6.07, 6.45) is 3.55. The Labute approximate surface area is 104 Å². The maximum Gasteiger partial charge on any atom is 0.129 e. The van der Waals surface area contributed by atoms with E-state index in [0.29, 0.717) is 0 Å². The summed E-state index contributed by atoms with van der Waals surface area (Å²) in [5.74, 6) is 0. The molecule has 2 nitrogen and oxygen atoms in total. The van der Waals surface area contributed by atoms with Crippen molar-refractivity contribution in [2.24, 2.45) is 5.41 Å². The summed E-state index contributed by atoms with van der Waals surface area (Å²) in [6.45, 7) is 4.09. The molecule has 1 atom stereocenters. The molecule has 17 heavy (non-hydrogen) atoms. The van der Waals surface area contributed by atoms with Crippen LogP contribution in [-0.2, 0) is 4.79 Å². The highest BCUT2D eigenvalue weighted by Gasteiger charge is 2.36. The van der Waals surface area contributed by atoms with Crippen LogP contribution in [0.5, 0.6) is 0 Å². The Morgan fingerprint density at radius 3 is 2.12 bits per heavy atom. The summed E-state index contributed by atoms with van der Waals surface area (Å²) in [5.41, 5.74) is 0.215. The Morgan fingerprint density at radius 2 is 1.71 bits per heavy atom. The highest BCUT2D eigenvalue weighted by atomic mass is 16.3. The minimum atomic E-state index is -0.693. The number of carbonyl (C=O) groups is 1. The summed E-state index contributed by atoms with van der Waals surface area (Å²) in [5, 5.41) is 10.5. The molecule has 2 heteroatoms. The number of aliphatic hydroxyl groups excluding tert-OH is 1. The fourth-order valence-corrected chi connectivity index (χ4v) is 2.48. The number of rotatable bonds is 7. The van der Waals surface area contributed by atoms with Crippen LogP contribution in [-0.4, -0.2) is 11.4 Å². The molecule has 0 aliphatic heterocycles. The fourth-order valence-electron chi connectivity index (χ4n) is 2.48. The Bertz CT molecular complexity index is 326. The Balaban J connectivity index is 3.00. The largest absolute Gasteiger partial charge is 0.387 e. The van der Waals surface area contributed by atoms with Crippen LogP contribution >= 0.6 is 0 Å². The molecule has 1 unspecified atom stereocenters. The van der Waals surface area contributed by atoms with Crippen molar-refractivity contribution in [2.45, 2.75) is 45.6 Å². The first-order valence-electron chi connectivity index (χ1n) is 6.39. The van der Waals surface area contributed by atoms with E-state index >= 15 is 0 Å². The van der Waals surface area contributed by atoms with E-state index in [-0.39, 0.29) is 0 Å². The molecule has 0 bridgehead atoms. The van der Waals surface area contributed by atoms with E-state index in [1.54, 1.807) is 0 Å². The zero-order valence-electron chi connectivity index (χ0n) is 10.7. The van der Waals surface area contributed by atoms with Gasteiger partial charge >= 0.3 is 0 Å². The van der Waals surface area contributed by atoms with Crippen LogP contribution in [0.1, 0.15) is 51.2 Å². The van der Waals surface area contributed by atoms with Gasteiger partial charge in [-0.2, -0.15) is 0 Å². The van der Waals surface area contributed by atoms with Gasteiger partial charge in [-0.1, -0.05) is 57.0 Å².